The summed E-state index contributed by atoms with van der Waals surface area (Å²) >= 11 is 2.32. The van der Waals surface area contributed by atoms with Gasteiger partial charge in [-0.2, -0.15) is 0 Å². The number of anilines is 1. The van der Waals surface area contributed by atoms with Crippen LogP contribution in [0.15, 0.2) is 36.4 Å². The smallest absolute Gasteiger partial charge is 0.124 e. The Morgan fingerprint density at radius 3 is 2.43 bits per heavy atom. The van der Waals surface area contributed by atoms with Crippen molar-refractivity contribution in [2.45, 2.75) is 19.9 Å². The fraction of sp³-hybridized carbons (Fsp3) is 0.294. The SMILES string of the molecule is COc1ccc(OC)c(C(C)Nc2ccc(I)cc2C)c1. The van der Waals surface area contributed by atoms with Gasteiger partial charge in [0.2, 0.25) is 0 Å². The second-order valence-electron chi connectivity index (χ2n) is 4.93. The summed E-state index contributed by atoms with van der Waals surface area (Å²) in [4.78, 5) is 0. The van der Waals surface area contributed by atoms with Gasteiger partial charge in [0.1, 0.15) is 11.5 Å². The first-order valence-corrected chi connectivity index (χ1v) is 7.87. The van der Waals surface area contributed by atoms with Crippen molar-refractivity contribution in [1.82, 2.24) is 0 Å². The lowest BCUT2D eigenvalue weighted by Gasteiger charge is -2.20. The molecule has 0 saturated heterocycles. The van der Waals surface area contributed by atoms with Gasteiger partial charge in [-0.25, -0.2) is 0 Å². The summed E-state index contributed by atoms with van der Waals surface area (Å²) in [5.74, 6) is 1.69. The van der Waals surface area contributed by atoms with Gasteiger partial charge in [-0.05, 0) is 78.4 Å². The maximum Gasteiger partial charge on any atom is 0.124 e. The van der Waals surface area contributed by atoms with Gasteiger partial charge in [0.25, 0.3) is 0 Å². The van der Waals surface area contributed by atoms with Gasteiger partial charge in [-0.3, -0.25) is 0 Å². The Morgan fingerprint density at radius 2 is 1.81 bits per heavy atom. The van der Waals surface area contributed by atoms with Gasteiger partial charge in [0.15, 0.2) is 0 Å². The van der Waals surface area contributed by atoms with E-state index in [0.29, 0.717) is 0 Å². The molecule has 0 aliphatic rings. The van der Waals surface area contributed by atoms with Crippen molar-refractivity contribution in [3.63, 3.8) is 0 Å². The number of aryl methyl sites for hydroxylation is 1. The standard InChI is InChI=1S/C17H20INO2/c1-11-9-13(18)5-7-16(11)19-12(2)15-10-14(20-3)6-8-17(15)21-4/h5-10,12,19H,1-4H3. The molecule has 0 radical (unpaired) electrons. The van der Waals surface area contributed by atoms with Crippen LogP contribution in [0.1, 0.15) is 24.1 Å². The van der Waals surface area contributed by atoms with E-state index >= 15 is 0 Å². The van der Waals surface area contributed by atoms with Gasteiger partial charge in [-0.1, -0.05) is 0 Å². The first kappa shape index (κ1) is 15.9. The molecule has 0 bridgehead atoms. The lowest BCUT2D eigenvalue weighted by Crippen LogP contribution is -2.09. The predicted octanol–water partition coefficient (Wildman–Crippen LogP) is 4.79. The maximum absolute atomic E-state index is 5.46. The number of ether oxygens (including phenoxy) is 2. The Labute approximate surface area is 139 Å². The number of nitrogens with one attached hydrogen (secondary N) is 1. The quantitative estimate of drug-likeness (QED) is 0.736. The predicted molar refractivity (Wildman–Crippen MR) is 95.5 cm³/mol. The monoisotopic (exact) mass is 397 g/mol. The Morgan fingerprint density at radius 1 is 1.05 bits per heavy atom. The summed E-state index contributed by atoms with van der Waals surface area (Å²) < 4.78 is 12.0. The van der Waals surface area contributed by atoms with Crippen LogP contribution in [0.5, 0.6) is 11.5 Å². The average molecular weight is 397 g/mol. The Balaban J connectivity index is 2.28. The summed E-state index contributed by atoms with van der Waals surface area (Å²) in [7, 11) is 3.36. The van der Waals surface area contributed by atoms with E-state index in [4.69, 9.17) is 9.47 Å². The van der Waals surface area contributed by atoms with Crippen molar-refractivity contribution in [2.24, 2.45) is 0 Å². The highest BCUT2D eigenvalue weighted by atomic mass is 127. The molecule has 0 fully saturated rings. The molecule has 1 atom stereocenters. The van der Waals surface area contributed by atoms with E-state index in [2.05, 4.69) is 60.0 Å². The number of hydrogen-bond acceptors (Lipinski definition) is 3. The molecular formula is C17H20INO2. The summed E-state index contributed by atoms with van der Waals surface area (Å²) in [6, 6.07) is 12.4. The molecule has 21 heavy (non-hydrogen) atoms. The van der Waals surface area contributed by atoms with Gasteiger partial charge < -0.3 is 14.8 Å². The van der Waals surface area contributed by atoms with E-state index in [1.807, 2.05) is 18.2 Å². The highest BCUT2D eigenvalue weighted by Crippen LogP contribution is 2.32. The van der Waals surface area contributed by atoms with Crippen LogP contribution >= 0.6 is 22.6 Å². The highest BCUT2D eigenvalue weighted by Gasteiger charge is 2.13. The van der Waals surface area contributed by atoms with E-state index in [1.54, 1.807) is 14.2 Å². The highest BCUT2D eigenvalue weighted by molar-refractivity contribution is 14.1. The van der Waals surface area contributed by atoms with E-state index in [0.717, 1.165) is 22.7 Å². The number of benzene rings is 2. The summed E-state index contributed by atoms with van der Waals surface area (Å²) in [6.45, 7) is 4.23. The minimum Gasteiger partial charge on any atom is -0.497 e. The van der Waals surface area contributed by atoms with Crippen molar-refractivity contribution >= 4 is 28.3 Å². The number of methoxy groups -OCH3 is 2. The Kier molecular flexibility index (Phi) is 5.33. The van der Waals surface area contributed by atoms with E-state index < -0.39 is 0 Å². The molecule has 2 aromatic rings. The van der Waals surface area contributed by atoms with Crippen LogP contribution in [0.2, 0.25) is 0 Å². The van der Waals surface area contributed by atoms with Crippen molar-refractivity contribution < 1.29 is 9.47 Å². The van der Waals surface area contributed by atoms with Crippen LogP contribution in [0.4, 0.5) is 5.69 Å². The third-order valence-corrected chi connectivity index (χ3v) is 4.13. The Hall–Kier alpha value is -1.43. The fourth-order valence-electron chi connectivity index (χ4n) is 2.28. The molecule has 0 aromatic heterocycles. The molecule has 4 heteroatoms. The molecule has 112 valence electrons. The van der Waals surface area contributed by atoms with Crippen LogP contribution in [0.3, 0.4) is 0 Å². The van der Waals surface area contributed by atoms with Crippen molar-refractivity contribution in [3.8, 4) is 11.5 Å². The first-order valence-electron chi connectivity index (χ1n) is 6.79. The van der Waals surface area contributed by atoms with Gasteiger partial charge in [-0.15, -0.1) is 0 Å². The number of rotatable bonds is 5. The molecule has 0 spiro atoms. The molecule has 0 saturated carbocycles. The molecule has 0 amide bonds. The zero-order valence-corrected chi connectivity index (χ0v) is 14.9. The molecule has 1 unspecified atom stereocenters. The second-order valence-corrected chi connectivity index (χ2v) is 6.18. The van der Waals surface area contributed by atoms with Gasteiger partial charge >= 0.3 is 0 Å². The Bertz CT molecular complexity index is 628. The first-order chi connectivity index (χ1) is 10.0. The summed E-state index contributed by atoms with van der Waals surface area (Å²) in [5, 5.41) is 3.54. The fourth-order valence-corrected chi connectivity index (χ4v) is 2.92. The van der Waals surface area contributed by atoms with Crippen molar-refractivity contribution in [2.75, 3.05) is 19.5 Å². The molecule has 1 N–H and O–H groups in total. The minimum atomic E-state index is 0.119. The number of hydrogen-bond donors (Lipinski definition) is 1. The largest absolute Gasteiger partial charge is 0.497 e. The normalized spacial score (nSPS) is 11.9. The molecule has 0 heterocycles. The molecule has 0 aliphatic heterocycles. The minimum absolute atomic E-state index is 0.119. The summed E-state index contributed by atoms with van der Waals surface area (Å²) in [6.07, 6.45) is 0. The van der Waals surface area contributed by atoms with Gasteiger partial charge in [0.05, 0.1) is 20.3 Å². The molecule has 2 rings (SSSR count). The van der Waals surface area contributed by atoms with E-state index in [9.17, 15) is 0 Å². The molecule has 3 nitrogen and oxygen atoms in total. The molecular weight excluding hydrogens is 377 g/mol. The van der Waals surface area contributed by atoms with E-state index in [1.165, 1.54) is 9.13 Å². The summed E-state index contributed by atoms with van der Waals surface area (Å²) in [5.41, 5.74) is 3.44. The van der Waals surface area contributed by atoms with Gasteiger partial charge in [0, 0.05) is 14.8 Å². The van der Waals surface area contributed by atoms with Crippen molar-refractivity contribution in [3.05, 3.63) is 51.1 Å². The van der Waals surface area contributed by atoms with Crippen LogP contribution in [0.25, 0.3) is 0 Å². The zero-order valence-electron chi connectivity index (χ0n) is 12.7. The van der Waals surface area contributed by atoms with Crippen LogP contribution < -0.4 is 14.8 Å². The zero-order chi connectivity index (χ0) is 15.4. The molecule has 2 aromatic carbocycles. The topological polar surface area (TPSA) is 30.5 Å². The average Bonchev–Trinajstić information content (AvgIpc) is 2.49. The van der Waals surface area contributed by atoms with Crippen molar-refractivity contribution in [1.29, 1.82) is 0 Å². The lowest BCUT2D eigenvalue weighted by atomic mass is 10.1. The van der Waals surface area contributed by atoms with Crippen LogP contribution in [0, 0.1) is 10.5 Å². The third kappa shape index (κ3) is 3.81. The molecule has 0 aliphatic carbocycles. The van der Waals surface area contributed by atoms with Crippen LogP contribution in [-0.4, -0.2) is 14.2 Å². The third-order valence-electron chi connectivity index (χ3n) is 3.46. The lowest BCUT2D eigenvalue weighted by molar-refractivity contribution is 0.397. The second kappa shape index (κ2) is 7.02. The maximum atomic E-state index is 5.46. The van der Waals surface area contributed by atoms with Crippen LogP contribution in [-0.2, 0) is 0 Å². The van der Waals surface area contributed by atoms with E-state index in [-0.39, 0.29) is 6.04 Å². The number of halogens is 1.